The topological polar surface area (TPSA) is 95.0 Å². The number of benzene rings is 1. The summed E-state index contributed by atoms with van der Waals surface area (Å²) in [5.41, 5.74) is 3.39. The van der Waals surface area contributed by atoms with Gasteiger partial charge in [-0.3, -0.25) is 19.4 Å². The van der Waals surface area contributed by atoms with Gasteiger partial charge in [-0.1, -0.05) is 42.3 Å². The molecule has 2 atom stereocenters. The van der Waals surface area contributed by atoms with Crippen LogP contribution in [-0.4, -0.2) is 77.6 Å². The molecule has 1 amide bonds. The molecule has 1 aromatic carbocycles. The van der Waals surface area contributed by atoms with Crippen molar-refractivity contribution in [1.29, 1.82) is 0 Å². The van der Waals surface area contributed by atoms with Gasteiger partial charge in [-0.15, -0.1) is 0 Å². The number of nitrogens with one attached hydrogen (secondary N) is 1. The number of aliphatic carboxylic acids is 1. The van der Waals surface area contributed by atoms with Crippen LogP contribution in [0.2, 0.25) is 5.02 Å². The van der Waals surface area contributed by atoms with Gasteiger partial charge < -0.3 is 15.2 Å². The Labute approximate surface area is 254 Å². The molecule has 9 heteroatoms. The smallest absolute Gasteiger partial charge is 0.304 e. The molecule has 3 heterocycles. The average Bonchev–Trinajstić information content (AvgIpc) is 3.30. The van der Waals surface area contributed by atoms with Crippen LogP contribution in [-0.2, 0) is 16.1 Å². The quantitative estimate of drug-likeness (QED) is 0.355. The zero-order valence-corrected chi connectivity index (χ0v) is 25.5. The molecule has 0 radical (unpaired) electrons. The number of hydrogen-bond acceptors (Lipinski definition) is 6. The molecule has 0 saturated carbocycles. The SMILES string of the molecule is COc1cc(-c2cccc(Cl)c2CN2C[C@H](C)[C@](CC(=O)O)(C(=O)NC3CCN(CC4=CCCCC4)CC3)C2)ccn1. The zero-order chi connectivity index (χ0) is 29.7. The first-order valence-electron chi connectivity index (χ1n) is 15.2. The van der Waals surface area contributed by atoms with E-state index in [9.17, 15) is 14.7 Å². The molecule has 2 fully saturated rings. The highest BCUT2D eigenvalue weighted by Gasteiger charge is 2.51. The molecule has 5 rings (SSSR count). The molecule has 2 saturated heterocycles. The minimum Gasteiger partial charge on any atom is -0.481 e. The molecule has 2 N–H and O–H groups in total. The fourth-order valence-electron chi connectivity index (χ4n) is 6.98. The third-order valence-corrected chi connectivity index (χ3v) is 9.74. The molecule has 1 aromatic heterocycles. The van der Waals surface area contributed by atoms with Crippen molar-refractivity contribution < 1.29 is 19.4 Å². The number of carbonyl (C=O) groups excluding carboxylic acids is 1. The minimum atomic E-state index is -1.00. The summed E-state index contributed by atoms with van der Waals surface area (Å²) in [6, 6.07) is 9.67. The van der Waals surface area contributed by atoms with E-state index in [0.717, 1.165) is 49.2 Å². The molecular formula is C33H43ClN4O4. The number of halogens is 1. The summed E-state index contributed by atoms with van der Waals surface area (Å²) in [4.78, 5) is 34.9. The summed E-state index contributed by atoms with van der Waals surface area (Å²) in [7, 11) is 1.59. The molecule has 2 aliphatic heterocycles. The lowest BCUT2D eigenvalue weighted by Crippen LogP contribution is -2.53. The van der Waals surface area contributed by atoms with Gasteiger partial charge in [0.05, 0.1) is 18.9 Å². The lowest BCUT2D eigenvalue weighted by Gasteiger charge is -2.36. The molecule has 0 unspecified atom stereocenters. The van der Waals surface area contributed by atoms with E-state index in [1.165, 1.54) is 25.7 Å². The van der Waals surface area contributed by atoms with Gasteiger partial charge in [-0.25, -0.2) is 4.98 Å². The van der Waals surface area contributed by atoms with E-state index in [2.05, 4.69) is 26.2 Å². The maximum Gasteiger partial charge on any atom is 0.304 e. The van der Waals surface area contributed by atoms with Crippen LogP contribution >= 0.6 is 11.6 Å². The average molecular weight is 595 g/mol. The first-order chi connectivity index (χ1) is 20.3. The molecule has 1 aliphatic carbocycles. The van der Waals surface area contributed by atoms with Gasteiger partial charge in [0.2, 0.25) is 11.8 Å². The standard InChI is InChI=1S/C33H43ClN4O4/c1-23-19-38(21-28-27(9-6-10-29(28)34)25-11-14-35-30(17-25)42-2)22-33(23,18-31(39)40)32(41)36-26-12-15-37(16-13-26)20-24-7-4-3-5-8-24/h6-7,9-11,14,17,23,26H,3-5,8,12-13,15-16,18-22H2,1-2H3,(H,36,41)(H,39,40)/t23-,33+/m0/s1. The Morgan fingerprint density at radius 2 is 1.98 bits per heavy atom. The first-order valence-corrected chi connectivity index (χ1v) is 15.6. The van der Waals surface area contributed by atoms with Gasteiger partial charge >= 0.3 is 5.97 Å². The Morgan fingerprint density at radius 3 is 2.69 bits per heavy atom. The zero-order valence-electron chi connectivity index (χ0n) is 24.8. The maximum atomic E-state index is 13.9. The van der Waals surface area contributed by atoms with Crippen LogP contribution in [0.5, 0.6) is 5.88 Å². The number of likely N-dealkylation sites (tertiary alicyclic amines) is 2. The van der Waals surface area contributed by atoms with E-state index in [1.807, 2.05) is 37.3 Å². The second-order valence-electron chi connectivity index (χ2n) is 12.3. The van der Waals surface area contributed by atoms with Gasteiger partial charge in [0.25, 0.3) is 0 Å². The summed E-state index contributed by atoms with van der Waals surface area (Å²) in [5.74, 6) is -0.690. The number of carboxylic acid groups (broad SMARTS) is 1. The monoisotopic (exact) mass is 594 g/mol. The van der Waals surface area contributed by atoms with Gasteiger partial charge in [0.15, 0.2) is 0 Å². The number of rotatable bonds is 10. The van der Waals surface area contributed by atoms with E-state index in [-0.39, 0.29) is 24.3 Å². The van der Waals surface area contributed by atoms with Crippen molar-refractivity contribution in [1.82, 2.24) is 20.1 Å². The van der Waals surface area contributed by atoms with Gasteiger partial charge in [-0.05, 0) is 73.3 Å². The predicted octanol–water partition coefficient (Wildman–Crippen LogP) is 5.40. The number of nitrogens with zero attached hydrogens (tertiary/aromatic N) is 3. The molecule has 8 nitrogen and oxygen atoms in total. The molecule has 42 heavy (non-hydrogen) atoms. The van der Waals surface area contributed by atoms with Gasteiger partial charge in [0, 0.05) is 62.6 Å². The van der Waals surface area contributed by atoms with Crippen LogP contribution in [0.1, 0.15) is 57.4 Å². The number of ether oxygens (including phenoxy) is 1. The van der Waals surface area contributed by atoms with E-state index < -0.39 is 11.4 Å². The predicted molar refractivity (Wildman–Crippen MR) is 165 cm³/mol. The van der Waals surface area contributed by atoms with Gasteiger partial charge in [-0.2, -0.15) is 0 Å². The Balaban J connectivity index is 1.27. The number of aromatic nitrogens is 1. The van der Waals surface area contributed by atoms with E-state index >= 15 is 0 Å². The Morgan fingerprint density at radius 1 is 1.17 bits per heavy atom. The largest absolute Gasteiger partial charge is 0.481 e. The van der Waals surface area contributed by atoms with Crippen molar-refractivity contribution in [2.24, 2.45) is 11.3 Å². The number of piperidine rings is 1. The van der Waals surface area contributed by atoms with E-state index in [1.54, 1.807) is 18.9 Å². The van der Waals surface area contributed by atoms with E-state index in [0.29, 0.717) is 30.5 Å². The van der Waals surface area contributed by atoms with Crippen molar-refractivity contribution in [3.63, 3.8) is 0 Å². The third-order valence-electron chi connectivity index (χ3n) is 9.39. The Hall–Kier alpha value is -2.94. The van der Waals surface area contributed by atoms with Crippen LogP contribution in [0.15, 0.2) is 48.2 Å². The molecule has 0 bridgehead atoms. The van der Waals surface area contributed by atoms with Crippen molar-refractivity contribution in [2.45, 2.75) is 64.5 Å². The maximum absolute atomic E-state index is 13.9. The van der Waals surface area contributed by atoms with Crippen LogP contribution in [0.25, 0.3) is 11.1 Å². The second-order valence-corrected chi connectivity index (χ2v) is 12.7. The summed E-state index contributed by atoms with van der Waals surface area (Å²) < 4.78 is 5.33. The molecular weight excluding hydrogens is 552 g/mol. The molecule has 0 spiro atoms. The Kier molecular flexibility index (Phi) is 9.86. The highest BCUT2D eigenvalue weighted by molar-refractivity contribution is 6.31. The van der Waals surface area contributed by atoms with Crippen molar-refractivity contribution in [3.8, 4) is 17.0 Å². The number of carboxylic acids is 1. The summed E-state index contributed by atoms with van der Waals surface area (Å²) >= 11 is 6.73. The summed E-state index contributed by atoms with van der Waals surface area (Å²) in [6.07, 6.45) is 10.7. The van der Waals surface area contributed by atoms with Crippen LogP contribution in [0, 0.1) is 11.3 Å². The van der Waals surface area contributed by atoms with Crippen LogP contribution in [0.3, 0.4) is 0 Å². The van der Waals surface area contributed by atoms with Crippen LogP contribution in [0.4, 0.5) is 0 Å². The molecule has 226 valence electrons. The molecule has 2 aromatic rings. The fourth-order valence-corrected chi connectivity index (χ4v) is 7.21. The second kappa shape index (κ2) is 13.6. The summed E-state index contributed by atoms with van der Waals surface area (Å²) in [6.45, 7) is 6.42. The minimum absolute atomic E-state index is 0.0675. The highest BCUT2D eigenvalue weighted by atomic mass is 35.5. The number of hydrogen-bond donors (Lipinski definition) is 2. The van der Waals surface area contributed by atoms with Crippen molar-refractivity contribution in [2.75, 3.05) is 39.8 Å². The van der Waals surface area contributed by atoms with Crippen molar-refractivity contribution in [3.05, 3.63) is 58.8 Å². The number of pyridine rings is 1. The number of amides is 1. The summed E-state index contributed by atoms with van der Waals surface area (Å²) in [5, 5.41) is 13.8. The lowest BCUT2D eigenvalue weighted by molar-refractivity contribution is -0.147. The Bertz CT molecular complexity index is 1310. The highest BCUT2D eigenvalue weighted by Crippen LogP contribution is 2.42. The van der Waals surface area contributed by atoms with Crippen molar-refractivity contribution >= 4 is 23.5 Å². The normalized spacial score (nSPS) is 23.9. The molecule has 3 aliphatic rings. The number of methoxy groups -OCH3 is 1. The van der Waals surface area contributed by atoms with E-state index in [4.69, 9.17) is 16.3 Å². The fraction of sp³-hybridized carbons (Fsp3) is 0.545. The third kappa shape index (κ3) is 6.99. The van der Waals surface area contributed by atoms with Crippen LogP contribution < -0.4 is 10.1 Å². The number of carbonyl (C=O) groups is 2. The van der Waals surface area contributed by atoms with Gasteiger partial charge in [0.1, 0.15) is 0 Å². The first kappa shape index (κ1) is 30.5. The lowest BCUT2D eigenvalue weighted by atomic mass is 9.75. The number of allylic oxidation sites excluding steroid dienone is 1.